The van der Waals surface area contributed by atoms with Crippen LogP contribution in [0.15, 0.2) is 41.3 Å². The Kier molecular flexibility index (Phi) is 7.34. The zero-order valence-electron chi connectivity index (χ0n) is 16.8. The van der Waals surface area contributed by atoms with E-state index in [9.17, 15) is 9.59 Å². The van der Waals surface area contributed by atoms with Gasteiger partial charge in [-0.15, -0.1) is 0 Å². The summed E-state index contributed by atoms with van der Waals surface area (Å²) in [5.41, 5.74) is 1.27. The fourth-order valence-corrected chi connectivity index (χ4v) is 4.16. The van der Waals surface area contributed by atoms with Gasteiger partial charge in [-0.05, 0) is 61.0 Å². The molecule has 30 heavy (non-hydrogen) atoms. The first-order valence-electron chi connectivity index (χ1n) is 9.37. The average Bonchev–Trinajstić information content (AvgIpc) is 2.98. The molecule has 8 heteroatoms. The Morgan fingerprint density at radius 3 is 2.47 bits per heavy atom. The largest absolute Gasteiger partial charge is 0.493 e. The molecule has 158 valence electrons. The standard InChI is InChI=1S/C22H21Cl2NO4S/c1-4-13(2)29-18-9-8-14(10-19(18)28-3)11-20-21(26)25(22(27)30-20)12-15-16(23)6-5-7-17(15)24/h5-11,13H,4,12H2,1-3H3/b20-11-/t13-/m0/s1. The smallest absolute Gasteiger partial charge is 0.293 e. The molecular formula is C22H21Cl2NO4S. The lowest BCUT2D eigenvalue weighted by molar-refractivity contribution is -0.123. The molecule has 0 spiro atoms. The van der Waals surface area contributed by atoms with Crippen LogP contribution in [-0.4, -0.2) is 29.3 Å². The van der Waals surface area contributed by atoms with Crippen molar-refractivity contribution in [2.45, 2.75) is 32.9 Å². The van der Waals surface area contributed by atoms with Crippen molar-refractivity contribution in [1.82, 2.24) is 4.90 Å². The van der Waals surface area contributed by atoms with Gasteiger partial charge < -0.3 is 9.47 Å². The van der Waals surface area contributed by atoms with Gasteiger partial charge in [-0.25, -0.2) is 0 Å². The highest BCUT2D eigenvalue weighted by atomic mass is 35.5. The summed E-state index contributed by atoms with van der Waals surface area (Å²) in [6.45, 7) is 4.04. The summed E-state index contributed by atoms with van der Waals surface area (Å²) in [6, 6.07) is 10.4. The summed E-state index contributed by atoms with van der Waals surface area (Å²) in [4.78, 5) is 26.7. The van der Waals surface area contributed by atoms with E-state index in [1.807, 2.05) is 19.9 Å². The third-order valence-corrected chi connectivity index (χ3v) is 6.26. The van der Waals surface area contributed by atoms with Crippen molar-refractivity contribution < 1.29 is 19.1 Å². The summed E-state index contributed by atoms with van der Waals surface area (Å²) in [6.07, 6.45) is 2.58. The molecule has 5 nitrogen and oxygen atoms in total. The molecule has 1 saturated heterocycles. The highest BCUT2D eigenvalue weighted by Gasteiger charge is 2.35. The number of rotatable bonds is 7. The summed E-state index contributed by atoms with van der Waals surface area (Å²) in [7, 11) is 1.56. The van der Waals surface area contributed by atoms with Crippen molar-refractivity contribution in [1.29, 1.82) is 0 Å². The molecule has 1 fully saturated rings. The monoisotopic (exact) mass is 465 g/mol. The van der Waals surface area contributed by atoms with Crippen LogP contribution in [-0.2, 0) is 11.3 Å². The minimum absolute atomic E-state index is 0.0194. The predicted octanol–water partition coefficient (Wildman–Crippen LogP) is 6.42. The highest BCUT2D eigenvalue weighted by molar-refractivity contribution is 8.18. The SMILES string of the molecule is CC[C@H](C)Oc1ccc(/C=C2\SC(=O)N(Cc3c(Cl)cccc3Cl)C2=O)cc1OC. The molecule has 0 radical (unpaired) electrons. The number of carbonyl (C=O) groups is 2. The van der Waals surface area contributed by atoms with Crippen molar-refractivity contribution in [3.05, 3.63) is 62.5 Å². The molecule has 0 aliphatic carbocycles. The third-order valence-electron chi connectivity index (χ3n) is 4.64. The van der Waals surface area contributed by atoms with Crippen LogP contribution in [0.4, 0.5) is 4.79 Å². The number of ether oxygens (including phenoxy) is 2. The Morgan fingerprint density at radius 1 is 1.13 bits per heavy atom. The molecule has 1 atom stereocenters. The molecule has 0 N–H and O–H groups in total. The number of hydrogen-bond donors (Lipinski definition) is 0. The molecule has 0 saturated carbocycles. The lowest BCUT2D eigenvalue weighted by atomic mass is 10.1. The lowest BCUT2D eigenvalue weighted by Gasteiger charge is -2.16. The Morgan fingerprint density at radius 2 is 1.83 bits per heavy atom. The van der Waals surface area contributed by atoms with Gasteiger partial charge in [-0.2, -0.15) is 0 Å². The van der Waals surface area contributed by atoms with Gasteiger partial charge in [0.25, 0.3) is 11.1 Å². The van der Waals surface area contributed by atoms with Gasteiger partial charge in [-0.1, -0.05) is 42.3 Å². The maximum Gasteiger partial charge on any atom is 0.293 e. The number of halogens is 2. The number of benzene rings is 2. The first kappa shape index (κ1) is 22.5. The molecule has 2 aromatic carbocycles. The zero-order valence-corrected chi connectivity index (χ0v) is 19.1. The van der Waals surface area contributed by atoms with Gasteiger partial charge in [0.1, 0.15) is 0 Å². The Hall–Kier alpha value is -2.15. The van der Waals surface area contributed by atoms with E-state index in [0.717, 1.165) is 28.6 Å². The van der Waals surface area contributed by atoms with Crippen molar-refractivity contribution >= 4 is 52.2 Å². The van der Waals surface area contributed by atoms with E-state index in [1.165, 1.54) is 0 Å². The van der Waals surface area contributed by atoms with Crippen molar-refractivity contribution in [2.24, 2.45) is 0 Å². The summed E-state index contributed by atoms with van der Waals surface area (Å²) in [5.74, 6) is 0.802. The molecule has 2 amide bonds. The first-order chi connectivity index (χ1) is 14.3. The molecule has 3 rings (SSSR count). The van der Waals surface area contributed by atoms with Gasteiger partial charge in [0.05, 0.1) is 24.7 Å². The van der Waals surface area contributed by atoms with Crippen molar-refractivity contribution in [2.75, 3.05) is 7.11 Å². The highest BCUT2D eigenvalue weighted by Crippen LogP contribution is 2.37. The maximum absolute atomic E-state index is 12.8. The third kappa shape index (κ3) is 4.94. The fraction of sp³-hybridized carbons (Fsp3) is 0.273. The summed E-state index contributed by atoms with van der Waals surface area (Å²) in [5, 5.41) is 0.449. The number of thioether (sulfide) groups is 1. The van der Waals surface area contributed by atoms with Crippen LogP contribution < -0.4 is 9.47 Å². The van der Waals surface area contributed by atoms with Gasteiger partial charge in [0, 0.05) is 15.6 Å². The fourth-order valence-electron chi connectivity index (χ4n) is 2.80. The van der Waals surface area contributed by atoms with Crippen LogP contribution in [0.2, 0.25) is 10.0 Å². The van der Waals surface area contributed by atoms with Crippen LogP contribution in [0.1, 0.15) is 31.4 Å². The summed E-state index contributed by atoms with van der Waals surface area (Å²) >= 11 is 13.2. The van der Waals surface area contributed by atoms with E-state index >= 15 is 0 Å². The van der Waals surface area contributed by atoms with E-state index in [4.69, 9.17) is 32.7 Å². The molecule has 1 aliphatic rings. The van der Waals surface area contributed by atoms with Crippen LogP contribution in [0.25, 0.3) is 6.08 Å². The zero-order chi connectivity index (χ0) is 21.8. The second-order valence-corrected chi connectivity index (χ2v) is 8.52. The van der Waals surface area contributed by atoms with Gasteiger partial charge in [-0.3, -0.25) is 14.5 Å². The number of carbonyl (C=O) groups excluding carboxylic acids is 2. The average molecular weight is 466 g/mol. The molecule has 0 bridgehead atoms. The van der Waals surface area contributed by atoms with E-state index in [-0.39, 0.29) is 23.8 Å². The molecule has 1 aliphatic heterocycles. The van der Waals surface area contributed by atoms with Gasteiger partial charge in [0.2, 0.25) is 0 Å². The van der Waals surface area contributed by atoms with Crippen LogP contribution in [0.5, 0.6) is 11.5 Å². The molecule has 0 unspecified atom stereocenters. The summed E-state index contributed by atoms with van der Waals surface area (Å²) < 4.78 is 11.3. The normalized spacial score (nSPS) is 16.3. The number of nitrogens with zero attached hydrogens (tertiary/aromatic N) is 1. The van der Waals surface area contributed by atoms with Gasteiger partial charge >= 0.3 is 0 Å². The van der Waals surface area contributed by atoms with Crippen molar-refractivity contribution in [3.8, 4) is 11.5 Å². The van der Waals surface area contributed by atoms with Crippen LogP contribution in [0.3, 0.4) is 0 Å². The maximum atomic E-state index is 12.8. The number of methoxy groups -OCH3 is 1. The second kappa shape index (κ2) is 9.77. The van der Waals surface area contributed by atoms with E-state index < -0.39 is 0 Å². The van der Waals surface area contributed by atoms with Crippen molar-refractivity contribution in [3.63, 3.8) is 0 Å². The predicted molar refractivity (Wildman–Crippen MR) is 121 cm³/mol. The minimum Gasteiger partial charge on any atom is -0.493 e. The Bertz CT molecular complexity index is 988. The van der Waals surface area contributed by atoms with E-state index in [2.05, 4.69) is 0 Å². The molecule has 1 heterocycles. The van der Waals surface area contributed by atoms with E-state index in [1.54, 1.807) is 43.5 Å². The number of amides is 2. The molecule has 0 aromatic heterocycles. The van der Waals surface area contributed by atoms with Gasteiger partial charge in [0.15, 0.2) is 11.5 Å². The Labute approximate surface area is 189 Å². The lowest BCUT2D eigenvalue weighted by Crippen LogP contribution is -2.27. The first-order valence-corrected chi connectivity index (χ1v) is 10.9. The Balaban J connectivity index is 1.83. The second-order valence-electron chi connectivity index (χ2n) is 6.72. The van der Waals surface area contributed by atoms with E-state index in [0.29, 0.717) is 32.0 Å². The van der Waals surface area contributed by atoms with Crippen LogP contribution in [0, 0.1) is 0 Å². The molecule has 2 aromatic rings. The molecular weight excluding hydrogens is 445 g/mol. The van der Waals surface area contributed by atoms with Crippen LogP contribution >= 0.6 is 35.0 Å². The quantitative estimate of drug-likeness (QED) is 0.441. The number of imide groups is 1. The minimum atomic E-state index is -0.389. The topological polar surface area (TPSA) is 55.8 Å². The number of hydrogen-bond acceptors (Lipinski definition) is 5.